The van der Waals surface area contributed by atoms with Gasteiger partial charge >= 0.3 is 0 Å². The number of Topliss-reactive ketones (excluding diaryl/α,β-unsaturated/α-hetero) is 1. The molecular formula is C11H12BrNO. The minimum atomic E-state index is -0.228. The second-order valence-electron chi connectivity index (χ2n) is 3.82. The molecule has 1 aromatic carbocycles. The van der Waals surface area contributed by atoms with Gasteiger partial charge in [-0.05, 0) is 25.0 Å². The number of carbonyl (C=O) groups is 1. The molecule has 1 aliphatic rings. The van der Waals surface area contributed by atoms with Crippen molar-refractivity contribution in [2.24, 2.45) is 11.1 Å². The van der Waals surface area contributed by atoms with E-state index in [9.17, 15) is 4.79 Å². The van der Waals surface area contributed by atoms with Crippen LogP contribution >= 0.6 is 15.9 Å². The maximum absolute atomic E-state index is 12.0. The van der Waals surface area contributed by atoms with Crippen molar-refractivity contribution in [1.82, 2.24) is 0 Å². The van der Waals surface area contributed by atoms with Gasteiger partial charge in [0.2, 0.25) is 0 Å². The normalized spacial score (nSPS) is 17.9. The molecule has 0 saturated heterocycles. The van der Waals surface area contributed by atoms with Crippen LogP contribution in [0.15, 0.2) is 28.7 Å². The molecule has 2 rings (SSSR count). The maximum Gasteiger partial charge on any atom is 0.170 e. The van der Waals surface area contributed by atoms with Gasteiger partial charge < -0.3 is 5.73 Å². The molecule has 1 fully saturated rings. The Bertz CT molecular complexity index is 354. The highest BCUT2D eigenvalue weighted by atomic mass is 79.9. The number of halogens is 1. The molecule has 2 N–H and O–H groups in total. The third-order valence-electron chi connectivity index (χ3n) is 2.83. The summed E-state index contributed by atoms with van der Waals surface area (Å²) >= 11 is 3.34. The SMILES string of the molecule is NCC1(C(=O)c2ccc(Br)cc2)CC1. The highest BCUT2D eigenvalue weighted by Crippen LogP contribution is 2.47. The molecule has 0 unspecified atom stereocenters. The Morgan fingerprint density at radius 2 is 1.93 bits per heavy atom. The molecule has 1 saturated carbocycles. The zero-order valence-corrected chi connectivity index (χ0v) is 9.38. The van der Waals surface area contributed by atoms with E-state index < -0.39 is 0 Å². The van der Waals surface area contributed by atoms with E-state index in [2.05, 4.69) is 15.9 Å². The fraction of sp³-hybridized carbons (Fsp3) is 0.364. The molecule has 0 amide bonds. The second-order valence-corrected chi connectivity index (χ2v) is 4.74. The van der Waals surface area contributed by atoms with Gasteiger partial charge in [0.1, 0.15) is 0 Å². The molecule has 0 radical (unpaired) electrons. The summed E-state index contributed by atoms with van der Waals surface area (Å²) in [6.45, 7) is 0.474. The summed E-state index contributed by atoms with van der Waals surface area (Å²) in [5.41, 5.74) is 6.15. The predicted molar refractivity (Wildman–Crippen MR) is 59.2 cm³/mol. The number of nitrogens with two attached hydrogens (primary N) is 1. The minimum Gasteiger partial charge on any atom is -0.329 e. The Labute approximate surface area is 91.6 Å². The summed E-state index contributed by atoms with van der Waals surface area (Å²) in [6.07, 6.45) is 1.89. The molecule has 0 bridgehead atoms. The quantitative estimate of drug-likeness (QED) is 0.841. The van der Waals surface area contributed by atoms with E-state index in [1.54, 1.807) is 0 Å². The first-order valence-electron chi connectivity index (χ1n) is 4.68. The average Bonchev–Trinajstić information content (AvgIpc) is 2.99. The van der Waals surface area contributed by atoms with E-state index in [1.165, 1.54) is 0 Å². The van der Waals surface area contributed by atoms with E-state index in [0.29, 0.717) is 6.54 Å². The number of benzene rings is 1. The van der Waals surface area contributed by atoms with Gasteiger partial charge in [0, 0.05) is 22.0 Å². The average molecular weight is 254 g/mol. The number of rotatable bonds is 3. The molecule has 0 spiro atoms. The van der Waals surface area contributed by atoms with Crippen LogP contribution in [0.3, 0.4) is 0 Å². The van der Waals surface area contributed by atoms with Gasteiger partial charge in [0.15, 0.2) is 5.78 Å². The predicted octanol–water partition coefficient (Wildman–Crippen LogP) is 2.37. The van der Waals surface area contributed by atoms with Gasteiger partial charge in [0.25, 0.3) is 0 Å². The zero-order valence-electron chi connectivity index (χ0n) is 7.79. The molecule has 2 nitrogen and oxygen atoms in total. The number of hydrogen-bond donors (Lipinski definition) is 1. The van der Waals surface area contributed by atoms with Gasteiger partial charge in [-0.3, -0.25) is 4.79 Å². The van der Waals surface area contributed by atoms with E-state index in [0.717, 1.165) is 22.9 Å². The molecule has 74 valence electrons. The fourth-order valence-corrected chi connectivity index (χ4v) is 1.85. The van der Waals surface area contributed by atoms with Gasteiger partial charge in [0.05, 0.1) is 0 Å². The Morgan fingerprint density at radius 3 is 2.36 bits per heavy atom. The summed E-state index contributed by atoms with van der Waals surface area (Å²) in [6, 6.07) is 7.48. The summed E-state index contributed by atoms with van der Waals surface area (Å²) in [5.74, 6) is 0.201. The van der Waals surface area contributed by atoms with Crippen molar-refractivity contribution in [3.05, 3.63) is 34.3 Å². The lowest BCUT2D eigenvalue weighted by atomic mass is 9.95. The molecule has 3 heteroatoms. The molecule has 1 aromatic rings. The lowest BCUT2D eigenvalue weighted by Crippen LogP contribution is -2.25. The number of hydrogen-bond acceptors (Lipinski definition) is 2. The van der Waals surface area contributed by atoms with E-state index in [4.69, 9.17) is 5.73 Å². The largest absolute Gasteiger partial charge is 0.329 e. The molecule has 0 atom stereocenters. The topological polar surface area (TPSA) is 43.1 Å². The van der Waals surface area contributed by atoms with Crippen molar-refractivity contribution in [1.29, 1.82) is 0 Å². The van der Waals surface area contributed by atoms with Gasteiger partial charge in [-0.2, -0.15) is 0 Å². The minimum absolute atomic E-state index is 0.201. The standard InChI is InChI=1S/C11H12BrNO/c12-9-3-1-8(2-4-9)10(14)11(7-13)5-6-11/h1-4H,5-7,13H2. The fourth-order valence-electron chi connectivity index (χ4n) is 1.58. The first-order valence-corrected chi connectivity index (χ1v) is 5.48. The third kappa shape index (κ3) is 1.62. The molecule has 0 aromatic heterocycles. The number of ketones is 1. The van der Waals surface area contributed by atoms with E-state index in [-0.39, 0.29) is 11.2 Å². The highest BCUT2D eigenvalue weighted by molar-refractivity contribution is 9.10. The Hall–Kier alpha value is -0.670. The second kappa shape index (κ2) is 3.48. The smallest absolute Gasteiger partial charge is 0.170 e. The number of carbonyl (C=O) groups excluding carboxylic acids is 1. The van der Waals surface area contributed by atoms with Crippen LogP contribution in [0.2, 0.25) is 0 Å². The van der Waals surface area contributed by atoms with Gasteiger partial charge in [-0.1, -0.05) is 28.1 Å². The molecule has 0 aliphatic heterocycles. The third-order valence-corrected chi connectivity index (χ3v) is 3.36. The van der Waals surface area contributed by atoms with Gasteiger partial charge in [-0.25, -0.2) is 0 Å². The van der Waals surface area contributed by atoms with E-state index >= 15 is 0 Å². The highest BCUT2D eigenvalue weighted by Gasteiger charge is 2.48. The van der Waals surface area contributed by atoms with E-state index in [1.807, 2.05) is 24.3 Å². The molecule has 1 aliphatic carbocycles. The van der Waals surface area contributed by atoms with Crippen molar-refractivity contribution in [3.63, 3.8) is 0 Å². The zero-order chi connectivity index (χ0) is 10.2. The van der Waals surface area contributed by atoms with Crippen LogP contribution in [-0.2, 0) is 0 Å². The van der Waals surface area contributed by atoms with Crippen molar-refractivity contribution in [2.45, 2.75) is 12.8 Å². The van der Waals surface area contributed by atoms with Crippen LogP contribution in [0.4, 0.5) is 0 Å². The van der Waals surface area contributed by atoms with Crippen LogP contribution in [-0.4, -0.2) is 12.3 Å². The Morgan fingerprint density at radius 1 is 1.36 bits per heavy atom. The van der Waals surface area contributed by atoms with Crippen LogP contribution in [0.5, 0.6) is 0 Å². The van der Waals surface area contributed by atoms with Crippen molar-refractivity contribution in [2.75, 3.05) is 6.54 Å². The summed E-state index contributed by atoms with van der Waals surface area (Å²) < 4.78 is 0.992. The van der Waals surface area contributed by atoms with Crippen molar-refractivity contribution >= 4 is 21.7 Å². The van der Waals surface area contributed by atoms with Crippen LogP contribution in [0.25, 0.3) is 0 Å². The maximum atomic E-state index is 12.0. The molecule has 14 heavy (non-hydrogen) atoms. The first-order chi connectivity index (χ1) is 6.68. The Kier molecular flexibility index (Phi) is 2.45. The van der Waals surface area contributed by atoms with Crippen LogP contribution in [0.1, 0.15) is 23.2 Å². The summed E-state index contributed by atoms with van der Waals surface area (Å²) in [4.78, 5) is 12.0. The molecule has 0 heterocycles. The first kappa shape index (κ1) is 9.87. The van der Waals surface area contributed by atoms with Crippen molar-refractivity contribution in [3.8, 4) is 0 Å². The van der Waals surface area contributed by atoms with Gasteiger partial charge in [-0.15, -0.1) is 0 Å². The lowest BCUT2D eigenvalue weighted by molar-refractivity contribution is 0.0905. The summed E-state index contributed by atoms with van der Waals surface area (Å²) in [7, 11) is 0. The Balaban J connectivity index is 2.23. The van der Waals surface area contributed by atoms with Crippen LogP contribution < -0.4 is 5.73 Å². The van der Waals surface area contributed by atoms with Crippen LogP contribution in [0, 0.1) is 5.41 Å². The lowest BCUT2D eigenvalue weighted by Gasteiger charge is -2.10. The van der Waals surface area contributed by atoms with Crippen molar-refractivity contribution < 1.29 is 4.79 Å². The molecular weight excluding hydrogens is 242 g/mol. The summed E-state index contributed by atoms with van der Waals surface area (Å²) in [5, 5.41) is 0. The monoisotopic (exact) mass is 253 g/mol.